The van der Waals surface area contributed by atoms with E-state index in [0.29, 0.717) is 6.04 Å². The molecule has 0 saturated carbocycles. The number of rotatable bonds is 3. The molecule has 0 bridgehead atoms. The summed E-state index contributed by atoms with van der Waals surface area (Å²) in [5, 5.41) is 3.51. The largest absolute Gasteiger partial charge is 0.316 e. The highest BCUT2D eigenvalue weighted by molar-refractivity contribution is 4.71. The van der Waals surface area contributed by atoms with E-state index in [1.54, 1.807) is 0 Å². The standard InChI is InChI=1S/C11H24N2/c1-10(2)13(3)9-11-6-4-5-7-12-8-11/h10-12H,4-9H2,1-3H3. The van der Waals surface area contributed by atoms with Gasteiger partial charge in [0.05, 0.1) is 0 Å². The van der Waals surface area contributed by atoms with Crippen molar-refractivity contribution in [1.29, 1.82) is 0 Å². The zero-order valence-corrected chi connectivity index (χ0v) is 9.34. The van der Waals surface area contributed by atoms with Crippen molar-refractivity contribution < 1.29 is 0 Å². The van der Waals surface area contributed by atoms with E-state index in [4.69, 9.17) is 0 Å². The first-order valence-electron chi connectivity index (χ1n) is 5.61. The minimum absolute atomic E-state index is 0.684. The second-order valence-electron chi connectivity index (χ2n) is 4.60. The lowest BCUT2D eigenvalue weighted by Crippen LogP contribution is -2.35. The third kappa shape index (κ3) is 4.10. The van der Waals surface area contributed by atoms with E-state index in [1.165, 1.54) is 38.9 Å². The van der Waals surface area contributed by atoms with Crippen LogP contribution in [0.1, 0.15) is 33.1 Å². The molecule has 0 radical (unpaired) electrons. The summed E-state index contributed by atoms with van der Waals surface area (Å²) in [6.45, 7) is 8.23. The average Bonchev–Trinajstić information content (AvgIpc) is 2.32. The van der Waals surface area contributed by atoms with Gasteiger partial charge in [0, 0.05) is 12.6 Å². The fraction of sp³-hybridized carbons (Fsp3) is 1.00. The molecular weight excluding hydrogens is 160 g/mol. The molecule has 1 aliphatic heterocycles. The molecule has 1 N–H and O–H groups in total. The molecule has 0 amide bonds. The van der Waals surface area contributed by atoms with Crippen LogP contribution in [0, 0.1) is 5.92 Å². The van der Waals surface area contributed by atoms with Crippen molar-refractivity contribution >= 4 is 0 Å². The Morgan fingerprint density at radius 1 is 1.38 bits per heavy atom. The van der Waals surface area contributed by atoms with Crippen LogP contribution in [-0.2, 0) is 0 Å². The van der Waals surface area contributed by atoms with Gasteiger partial charge in [0.25, 0.3) is 0 Å². The van der Waals surface area contributed by atoms with Crippen molar-refractivity contribution in [3.63, 3.8) is 0 Å². The summed E-state index contributed by atoms with van der Waals surface area (Å²) < 4.78 is 0. The van der Waals surface area contributed by atoms with E-state index in [1.807, 2.05) is 0 Å². The molecule has 1 fully saturated rings. The predicted molar refractivity (Wildman–Crippen MR) is 58.0 cm³/mol. The molecule has 0 aromatic heterocycles. The maximum Gasteiger partial charge on any atom is 0.00356 e. The van der Waals surface area contributed by atoms with E-state index >= 15 is 0 Å². The van der Waals surface area contributed by atoms with Crippen LogP contribution in [0.25, 0.3) is 0 Å². The van der Waals surface area contributed by atoms with Crippen molar-refractivity contribution in [2.75, 3.05) is 26.7 Å². The minimum Gasteiger partial charge on any atom is -0.316 e. The Kier molecular flexibility index (Phi) is 4.74. The molecule has 1 rings (SSSR count). The normalized spacial score (nSPS) is 25.2. The molecule has 13 heavy (non-hydrogen) atoms. The quantitative estimate of drug-likeness (QED) is 0.718. The van der Waals surface area contributed by atoms with Crippen LogP contribution in [-0.4, -0.2) is 37.6 Å². The first kappa shape index (κ1) is 11.0. The summed E-state index contributed by atoms with van der Waals surface area (Å²) in [5.74, 6) is 0.870. The van der Waals surface area contributed by atoms with Gasteiger partial charge in [0.15, 0.2) is 0 Å². The van der Waals surface area contributed by atoms with Gasteiger partial charge < -0.3 is 10.2 Å². The summed E-state index contributed by atoms with van der Waals surface area (Å²) in [6, 6.07) is 0.684. The number of nitrogens with zero attached hydrogens (tertiary/aromatic N) is 1. The summed E-state index contributed by atoms with van der Waals surface area (Å²) in [6.07, 6.45) is 4.18. The van der Waals surface area contributed by atoms with Crippen molar-refractivity contribution in [2.45, 2.75) is 39.2 Å². The molecule has 1 atom stereocenters. The SMILES string of the molecule is CC(C)N(C)CC1CCCCNC1. The molecule has 0 aromatic carbocycles. The van der Waals surface area contributed by atoms with Gasteiger partial charge in [0.1, 0.15) is 0 Å². The van der Waals surface area contributed by atoms with Gasteiger partial charge in [0.2, 0.25) is 0 Å². The summed E-state index contributed by atoms with van der Waals surface area (Å²) in [7, 11) is 2.23. The van der Waals surface area contributed by atoms with Crippen LogP contribution in [0.3, 0.4) is 0 Å². The van der Waals surface area contributed by atoms with Gasteiger partial charge in [-0.3, -0.25) is 0 Å². The van der Waals surface area contributed by atoms with Gasteiger partial charge in [-0.25, -0.2) is 0 Å². The Balaban J connectivity index is 2.25. The Bertz CT molecular complexity index is 126. The molecule has 1 saturated heterocycles. The summed E-state index contributed by atoms with van der Waals surface area (Å²) >= 11 is 0. The third-order valence-corrected chi connectivity index (χ3v) is 3.08. The van der Waals surface area contributed by atoms with Gasteiger partial charge in [-0.15, -0.1) is 0 Å². The van der Waals surface area contributed by atoms with Crippen molar-refractivity contribution in [3.8, 4) is 0 Å². The van der Waals surface area contributed by atoms with Crippen molar-refractivity contribution in [1.82, 2.24) is 10.2 Å². The first-order valence-corrected chi connectivity index (χ1v) is 5.61. The molecule has 0 aliphatic carbocycles. The van der Waals surface area contributed by atoms with Crippen molar-refractivity contribution in [3.05, 3.63) is 0 Å². The van der Waals surface area contributed by atoms with Crippen LogP contribution in [0.5, 0.6) is 0 Å². The molecule has 0 aromatic rings. The molecule has 1 unspecified atom stereocenters. The fourth-order valence-electron chi connectivity index (χ4n) is 1.87. The summed E-state index contributed by atoms with van der Waals surface area (Å²) in [5.41, 5.74) is 0. The lowest BCUT2D eigenvalue weighted by molar-refractivity contribution is 0.224. The highest BCUT2D eigenvalue weighted by atomic mass is 15.1. The monoisotopic (exact) mass is 184 g/mol. The second kappa shape index (κ2) is 5.61. The van der Waals surface area contributed by atoms with Crippen LogP contribution < -0.4 is 5.32 Å². The number of hydrogen-bond donors (Lipinski definition) is 1. The van der Waals surface area contributed by atoms with Gasteiger partial charge in [-0.05, 0) is 52.7 Å². The molecular formula is C11H24N2. The first-order chi connectivity index (χ1) is 6.20. The molecule has 1 aliphatic rings. The maximum absolute atomic E-state index is 3.51. The Morgan fingerprint density at radius 3 is 2.85 bits per heavy atom. The molecule has 2 nitrogen and oxygen atoms in total. The molecule has 78 valence electrons. The van der Waals surface area contributed by atoms with Gasteiger partial charge in [-0.1, -0.05) is 6.42 Å². The highest BCUT2D eigenvalue weighted by Crippen LogP contribution is 2.13. The van der Waals surface area contributed by atoms with E-state index < -0.39 is 0 Å². The van der Waals surface area contributed by atoms with Crippen LogP contribution >= 0.6 is 0 Å². The van der Waals surface area contributed by atoms with Crippen LogP contribution in [0.2, 0.25) is 0 Å². The van der Waals surface area contributed by atoms with Crippen molar-refractivity contribution in [2.24, 2.45) is 5.92 Å². The molecule has 1 heterocycles. The lowest BCUT2D eigenvalue weighted by Gasteiger charge is -2.26. The average molecular weight is 184 g/mol. The van der Waals surface area contributed by atoms with E-state index in [0.717, 1.165) is 5.92 Å². The third-order valence-electron chi connectivity index (χ3n) is 3.08. The van der Waals surface area contributed by atoms with Gasteiger partial charge >= 0.3 is 0 Å². The lowest BCUT2D eigenvalue weighted by atomic mass is 10.0. The van der Waals surface area contributed by atoms with E-state index in [-0.39, 0.29) is 0 Å². The molecule has 2 heteroatoms. The molecule has 0 spiro atoms. The summed E-state index contributed by atoms with van der Waals surface area (Å²) in [4.78, 5) is 2.46. The highest BCUT2D eigenvalue weighted by Gasteiger charge is 2.14. The Morgan fingerprint density at radius 2 is 2.15 bits per heavy atom. The van der Waals surface area contributed by atoms with E-state index in [2.05, 4.69) is 31.1 Å². The Labute approximate surface area is 82.7 Å². The second-order valence-corrected chi connectivity index (χ2v) is 4.60. The zero-order valence-electron chi connectivity index (χ0n) is 9.34. The zero-order chi connectivity index (χ0) is 9.68. The van der Waals surface area contributed by atoms with Crippen LogP contribution in [0.15, 0.2) is 0 Å². The number of nitrogens with one attached hydrogen (secondary N) is 1. The fourth-order valence-corrected chi connectivity index (χ4v) is 1.87. The van der Waals surface area contributed by atoms with E-state index in [9.17, 15) is 0 Å². The predicted octanol–water partition coefficient (Wildman–Crippen LogP) is 1.72. The smallest absolute Gasteiger partial charge is 0.00356 e. The van der Waals surface area contributed by atoms with Gasteiger partial charge in [-0.2, -0.15) is 0 Å². The number of hydrogen-bond acceptors (Lipinski definition) is 2. The minimum atomic E-state index is 0.684. The Hall–Kier alpha value is -0.0800. The van der Waals surface area contributed by atoms with Crippen LogP contribution in [0.4, 0.5) is 0 Å². The topological polar surface area (TPSA) is 15.3 Å². The maximum atomic E-state index is 3.51.